The molecule has 0 saturated carbocycles. The van der Waals surface area contributed by atoms with E-state index >= 15 is 0 Å². The fourth-order valence-corrected chi connectivity index (χ4v) is 3.02. The molecule has 0 radical (unpaired) electrons. The molecule has 2 aromatic carbocycles. The number of esters is 1. The summed E-state index contributed by atoms with van der Waals surface area (Å²) in [6.45, 7) is 5.11. The van der Waals surface area contributed by atoms with Crippen molar-refractivity contribution in [2.75, 3.05) is 13.2 Å². The summed E-state index contributed by atoms with van der Waals surface area (Å²) in [6, 6.07) is 10.1. The van der Waals surface area contributed by atoms with Crippen molar-refractivity contribution in [1.29, 1.82) is 0 Å². The number of halogens is 1. The van der Waals surface area contributed by atoms with Crippen molar-refractivity contribution >= 4 is 23.6 Å². The fraction of sp³-hybridized carbons (Fsp3) is 0.333. The van der Waals surface area contributed by atoms with Gasteiger partial charge in [0.05, 0.1) is 10.6 Å². The van der Waals surface area contributed by atoms with Gasteiger partial charge < -0.3 is 24.8 Å². The van der Waals surface area contributed by atoms with Gasteiger partial charge in [-0.05, 0) is 49.2 Å². The molecule has 3 rings (SSSR count). The van der Waals surface area contributed by atoms with E-state index in [0.717, 1.165) is 5.56 Å². The lowest BCUT2D eigenvalue weighted by Crippen LogP contribution is -2.39. The molecule has 0 saturated heterocycles. The third-order valence-electron chi connectivity index (χ3n) is 4.09. The summed E-state index contributed by atoms with van der Waals surface area (Å²) in [5.41, 5.74) is 2.01. The number of urea groups is 1. The van der Waals surface area contributed by atoms with Crippen molar-refractivity contribution in [3.8, 4) is 11.5 Å². The lowest BCUT2D eigenvalue weighted by Gasteiger charge is -2.20. The van der Waals surface area contributed by atoms with E-state index in [1.807, 2.05) is 13.8 Å². The van der Waals surface area contributed by atoms with Crippen molar-refractivity contribution in [3.63, 3.8) is 0 Å². The molecule has 2 aromatic rings. The molecule has 1 aliphatic rings. The standard InChI is InChI=1S/C21H23ClN2O5/c1-13(2)24-21(26)23-11-14-3-5-16(6-4-14)20(25)29-12-15-9-17(22)19-18(10-15)27-7-8-28-19/h3-6,9-10,13H,7-8,11-12H2,1-2H3,(H2,23,24,26). The zero-order valence-electron chi connectivity index (χ0n) is 16.3. The second-order valence-corrected chi connectivity index (χ2v) is 7.26. The minimum Gasteiger partial charge on any atom is -0.486 e. The van der Waals surface area contributed by atoms with Gasteiger partial charge in [-0.2, -0.15) is 0 Å². The van der Waals surface area contributed by atoms with E-state index in [1.54, 1.807) is 36.4 Å². The predicted octanol–water partition coefficient (Wildman–Crippen LogP) is 3.68. The summed E-state index contributed by atoms with van der Waals surface area (Å²) >= 11 is 6.20. The molecule has 154 valence electrons. The van der Waals surface area contributed by atoms with E-state index in [-0.39, 0.29) is 18.7 Å². The number of benzene rings is 2. The van der Waals surface area contributed by atoms with Crippen molar-refractivity contribution in [2.45, 2.75) is 33.0 Å². The lowest BCUT2D eigenvalue weighted by molar-refractivity contribution is 0.0472. The monoisotopic (exact) mass is 418 g/mol. The van der Waals surface area contributed by atoms with Crippen LogP contribution in [0.4, 0.5) is 4.79 Å². The van der Waals surface area contributed by atoms with Gasteiger partial charge in [-0.15, -0.1) is 0 Å². The van der Waals surface area contributed by atoms with Crippen LogP contribution in [0.1, 0.15) is 35.3 Å². The second-order valence-electron chi connectivity index (χ2n) is 6.86. The van der Waals surface area contributed by atoms with Crippen LogP contribution in [0.2, 0.25) is 5.02 Å². The third-order valence-corrected chi connectivity index (χ3v) is 4.37. The van der Waals surface area contributed by atoms with Gasteiger partial charge in [0.15, 0.2) is 11.5 Å². The van der Waals surface area contributed by atoms with E-state index in [4.69, 9.17) is 25.8 Å². The zero-order valence-corrected chi connectivity index (χ0v) is 17.0. The van der Waals surface area contributed by atoms with Gasteiger partial charge in [0.1, 0.15) is 19.8 Å². The highest BCUT2D eigenvalue weighted by Gasteiger charge is 2.17. The van der Waals surface area contributed by atoms with Gasteiger partial charge in [0.2, 0.25) is 0 Å². The van der Waals surface area contributed by atoms with Gasteiger partial charge in [-0.25, -0.2) is 9.59 Å². The molecule has 8 heteroatoms. The number of hydrogen-bond donors (Lipinski definition) is 2. The molecule has 2 amide bonds. The van der Waals surface area contributed by atoms with Crippen molar-refractivity contribution in [2.24, 2.45) is 0 Å². The maximum atomic E-state index is 12.3. The number of hydrogen-bond acceptors (Lipinski definition) is 5. The highest BCUT2D eigenvalue weighted by Crippen LogP contribution is 2.38. The molecule has 0 bridgehead atoms. The minimum absolute atomic E-state index is 0.0634. The van der Waals surface area contributed by atoms with E-state index in [0.29, 0.717) is 47.4 Å². The van der Waals surface area contributed by atoms with Gasteiger partial charge in [-0.1, -0.05) is 23.7 Å². The summed E-state index contributed by atoms with van der Waals surface area (Å²) in [4.78, 5) is 23.9. The topological polar surface area (TPSA) is 85.9 Å². The minimum atomic E-state index is -0.451. The Balaban J connectivity index is 1.53. The zero-order chi connectivity index (χ0) is 20.8. The SMILES string of the molecule is CC(C)NC(=O)NCc1ccc(C(=O)OCc2cc(Cl)c3c(c2)OCCO3)cc1. The predicted molar refractivity (Wildman–Crippen MR) is 109 cm³/mol. The quantitative estimate of drug-likeness (QED) is 0.699. The van der Waals surface area contributed by atoms with Crippen LogP contribution in [0.25, 0.3) is 0 Å². The average Bonchev–Trinajstić information content (AvgIpc) is 2.70. The number of ether oxygens (including phenoxy) is 3. The first-order valence-corrected chi connectivity index (χ1v) is 9.68. The summed E-state index contributed by atoms with van der Waals surface area (Å²) in [6.07, 6.45) is 0. The van der Waals surface area contributed by atoms with E-state index in [1.165, 1.54) is 0 Å². The Hall–Kier alpha value is -2.93. The normalized spacial score (nSPS) is 12.4. The van der Waals surface area contributed by atoms with Crippen molar-refractivity contribution in [3.05, 3.63) is 58.1 Å². The van der Waals surface area contributed by atoms with Gasteiger partial charge in [0.25, 0.3) is 0 Å². The van der Waals surface area contributed by atoms with Crippen molar-refractivity contribution < 1.29 is 23.8 Å². The van der Waals surface area contributed by atoms with E-state index < -0.39 is 5.97 Å². The van der Waals surface area contributed by atoms with Crippen LogP contribution in [0.5, 0.6) is 11.5 Å². The lowest BCUT2D eigenvalue weighted by atomic mass is 10.1. The Bertz CT molecular complexity index is 883. The smallest absolute Gasteiger partial charge is 0.338 e. The van der Waals surface area contributed by atoms with Crippen LogP contribution < -0.4 is 20.1 Å². The summed E-state index contributed by atoms with van der Waals surface area (Å²) in [7, 11) is 0. The Morgan fingerprint density at radius 2 is 1.83 bits per heavy atom. The molecule has 0 aromatic heterocycles. The molecule has 1 aliphatic heterocycles. The number of rotatable bonds is 6. The first-order valence-electron chi connectivity index (χ1n) is 9.31. The number of fused-ring (bicyclic) bond motifs is 1. The summed E-state index contributed by atoms with van der Waals surface area (Å²) in [5, 5.41) is 5.93. The Morgan fingerprint density at radius 1 is 1.10 bits per heavy atom. The molecule has 0 unspecified atom stereocenters. The summed E-state index contributed by atoms with van der Waals surface area (Å²) < 4.78 is 16.4. The molecule has 2 N–H and O–H groups in total. The Labute approximate surface area is 174 Å². The molecule has 1 heterocycles. The Morgan fingerprint density at radius 3 is 2.55 bits per heavy atom. The number of carbonyl (C=O) groups excluding carboxylic acids is 2. The van der Waals surface area contributed by atoms with E-state index in [9.17, 15) is 9.59 Å². The molecule has 0 spiro atoms. The Kier molecular flexibility index (Phi) is 6.82. The number of nitrogens with one attached hydrogen (secondary N) is 2. The molecule has 0 fully saturated rings. The molecule has 29 heavy (non-hydrogen) atoms. The molecular weight excluding hydrogens is 396 g/mol. The van der Waals surface area contributed by atoms with Gasteiger partial charge >= 0.3 is 12.0 Å². The van der Waals surface area contributed by atoms with Crippen LogP contribution in [-0.2, 0) is 17.9 Å². The van der Waals surface area contributed by atoms with Crippen molar-refractivity contribution in [1.82, 2.24) is 10.6 Å². The molecule has 0 aliphatic carbocycles. The number of amides is 2. The molecular formula is C21H23ClN2O5. The highest BCUT2D eigenvalue weighted by molar-refractivity contribution is 6.32. The van der Waals surface area contributed by atoms with Crippen LogP contribution in [0.15, 0.2) is 36.4 Å². The third kappa shape index (κ3) is 5.77. The summed E-state index contributed by atoms with van der Waals surface area (Å²) in [5.74, 6) is 0.612. The largest absolute Gasteiger partial charge is 0.486 e. The van der Waals surface area contributed by atoms with Gasteiger partial charge in [0, 0.05) is 12.6 Å². The molecule has 0 atom stereocenters. The number of carbonyl (C=O) groups is 2. The maximum Gasteiger partial charge on any atom is 0.338 e. The highest BCUT2D eigenvalue weighted by atomic mass is 35.5. The van der Waals surface area contributed by atoms with Gasteiger partial charge in [-0.3, -0.25) is 0 Å². The second kappa shape index (κ2) is 9.52. The fourth-order valence-electron chi connectivity index (χ4n) is 2.73. The average molecular weight is 419 g/mol. The van der Waals surface area contributed by atoms with Crippen LogP contribution in [-0.4, -0.2) is 31.3 Å². The van der Waals surface area contributed by atoms with E-state index in [2.05, 4.69) is 10.6 Å². The first-order chi connectivity index (χ1) is 13.9. The maximum absolute atomic E-state index is 12.3. The first kappa shape index (κ1) is 20.8. The van der Waals surface area contributed by atoms with Crippen LogP contribution in [0, 0.1) is 0 Å². The molecule has 7 nitrogen and oxygen atoms in total. The van der Waals surface area contributed by atoms with Crippen LogP contribution >= 0.6 is 11.6 Å². The van der Waals surface area contributed by atoms with Crippen LogP contribution in [0.3, 0.4) is 0 Å².